The van der Waals surface area contributed by atoms with E-state index in [-0.39, 0.29) is 13.2 Å². The fraction of sp³-hybridized carbons (Fsp3) is 0.364. The Hall–Kier alpha value is -2.38. The highest BCUT2D eigenvalue weighted by Crippen LogP contribution is 2.42. The molecule has 3 aromatic rings. The van der Waals surface area contributed by atoms with Gasteiger partial charge in [-0.3, -0.25) is 0 Å². The van der Waals surface area contributed by atoms with Gasteiger partial charge in [-0.15, -0.1) is 0 Å². The number of aliphatic hydroxyl groups is 2. The van der Waals surface area contributed by atoms with Gasteiger partial charge in [0.25, 0.3) is 0 Å². The van der Waals surface area contributed by atoms with Crippen LogP contribution in [0.3, 0.4) is 0 Å². The maximum atomic E-state index is 8.88. The molecule has 0 fully saturated rings. The molecule has 0 saturated carbocycles. The Morgan fingerprint density at radius 3 is 1.25 bits per heavy atom. The second-order valence-electron chi connectivity index (χ2n) is 6.39. The maximum Gasteiger partial charge on any atom is 0.135 e. The van der Waals surface area contributed by atoms with Crippen LogP contribution >= 0.6 is 0 Å². The van der Waals surface area contributed by atoms with Crippen LogP contribution in [-0.2, 0) is 0 Å². The average molecular weight is 384 g/mol. The van der Waals surface area contributed by atoms with Crippen molar-refractivity contribution in [2.45, 2.75) is 0 Å². The summed E-state index contributed by atoms with van der Waals surface area (Å²) < 4.78 is 12.3. The Labute approximate surface area is 165 Å². The van der Waals surface area contributed by atoms with Crippen LogP contribution in [0.1, 0.15) is 0 Å². The first kappa shape index (κ1) is 20.4. The normalized spacial score (nSPS) is 11.2. The SMILES string of the molecule is OCCNCCOc1c2ccccc2c(OCCNCCO)c2ccccc12. The van der Waals surface area contributed by atoms with Gasteiger partial charge in [-0.1, -0.05) is 48.5 Å². The summed E-state index contributed by atoms with van der Waals surface area (Å²) >= 11 is 0. The van der Waals surface area contributed by atoms with Crippen LogP contribution in [0.4, 0.5) is 0 Å². The first-order chi connectivity index (χ1) is 13.9. The van der Waals surface area contributed by atoms with Gasteiger partial charge >= 0.3 is 0 Å². The zero-order chi connectivity index (χ0) is 19.6. The molecule has 3 aromatic carbocycles. The van der Waals surface area contributed by atoms with Gasteiger partial charge in [0, 0.05) is 47.7 Å². The van der Waals surface area contributed by atoms with Gasteiger partial charge in [-0.05, 0) is 0 Å². The summed E-state index contributed by atoms with van der Waals surface area (Å²) in [4.78, 5) is 0. The van der Waals surface area contributed by atoms with Crippen LogP contribution in [0.5, 0.6) is 11.5 Å². The zero-order valence-electron chi connectivity index (χ0n) is 16.0. The summed E-state index contributed by atoms with van der Waals surface area (Å²) in [7, 11) is 0. The molecule has 28 heavy (non-hydrogen) atoms. The van der Waals surface area contributed by atoms with E-state index in [1.54, 1.807) is 0 Å². The third kappa shape index (κ3) is 4.91. The molecular weight excluding hydrogens is 356 g/mol. The fourth-order valence-electron chi connectivity index (χ4n) is 3.22. The molecule has 0 bridgehead atoms. The zero-order valence-corrected chi connectivity index (χ0v) is 16.0. The molecule has 3 rings (SSSR count). The molecule has 0 atom stereocenters. The Kier molecular flexibility index (Phi) is 7.87. The third-order valence-electron chi connectivity index (χ3n) is 4.46. The van der Waals surface area contributed by atoms with E-state index in [9.17, 15) is 0 Å². The van der Waals surface area contributed by atoms with Crippen molar-refractivity contribution in [1.82, 2.24) is 10.6 Å². The Morgan fingerprint density at radius 1 is 0.571 bits per heavy atom. The van der Waals surface area contributed by atoms with Gasteiger partial charge in [0.1, 0.15) is 24.7 Å². The predicted molar refractivity (Wildman–Crippen MR) is 112 cm³/mol. The number of aliphatic hydroxyl groups excluding tert-OH is 2. The minimum Gasteiger partial charge on any atom is -0.491 e. The van der Waals surface area contributed by atoms with Gasteiger partial charge in [0.2, 0.25) is 0 Å². The lowest BCUT2D eigenvalue weighted by Crippen LogP contribution is -2.24. The van der Waals surface area contributed by atoms with E-state index in [1.165, 1.54) is 0 Å². The van der Waals surface area contributed by atoms with Crippen molar-refractivity contribution in [1.29, 1.82) is 0 Å². The molecule has 0 amide bonds. The first-order valence-corrected chi connectivity index (χ1v) is 9.69. The number of ether oxygens (including phenoxy) is 2. The molecule has 0 heterocycles. The molecule has 6 nitrogen and oxygen atoms in total. The van der Waals surface area contributed by atoms with E-state index >= 15 is 0 Å². The third-order valence-corrected chi connectivity index (χ3v) is 4.46. The van der Waals surface area contributed by atoms with Gasteiger partial charge in [-0.2, -0.15) is 0 Å². The number of nitrogens with one attached hydrogen (secondary N) is 2. The van der Waals surface area contributed by atoms with Crippen LogP contribution in [0.25, 0.3) is 21.5 Å². The molecule has 0 radical (unpaired) electrons. The Balaban J connectivity index is 1.91. The monoisotopic (exact) mass is 384 g/mol. The van der Waals surface area contributed by atoms with Gasteiger partial charge in [0.15, 0.2) is 0 Å². The standard InChI is InChI=1S/C22H28N2O4/c25-13-9-23-11-15-27-21-17-5-1-2-6-18(17)22(28-16-12-24-10-14-26)20-8-4-3-7-19(20)21/h1-8,23-26H,9-16H2. The number of hydrogen-bond donors (Lipinski definition) is 4. The molecule has 150 valence electrons. The van der Waals surface area contributed by atoms with E-state index in [0.29, 0.717) is 39.4 Å². The minimum atomic E-state index is 0.116. The fourth-order valence-corrected chi connectivity index (χ4v) is 3.22. The number of fused-ring (bicyclic) bond motifs is 2. The molecule has 0 saturated heterocycles. The van der Waals surface area contributed by atoms with Crippen molar-refractivity contribution in [2.75, 3.05) is 52.6 Å². The average Bonchev–Trinajstić information content (AvgIpc) is 2.74. The largest absolute Gasteiger partial charge is 0.491 e. The molecule has 0 aliphatic carbocycles. The predicted octanol–water partition coefficient (Wildman–Crippen LogP) is 1.91. The second-order valence-corrected chi connectivity index (χ2v) is 6.39. The van der Waals surface area contributed by atoms with E-state index < -0.39 is 0 Å². The Morgan fingerprint density at radius 2 is 0.929 bits per heavy atom. The molecule has 0 aliphatic rings. The topological polar surface area (TPSA) is 83.0 Å². The highest BCUT2D eigenvalue weighted by atomic mass is 16.5. The molecule has 0 spiro atoms. The van der Waals surface area contributed by atoms with E-state index in [0.717, 1.165) is 33.0 Å². The molecule has 6 heteroatoms. The van der Waals surface area contributed by atoms with Crippen LogP contribution in [0.15, 0.2) is 48.5 Å². The lowest BCUT2D eigenvalue weighted by molar-refractivity contribution is 0.276. The lowest BCUT2D eigenvalue weighted by Gasteiger charge is -2.18. The number of rotatable bonds is 12. The van der Waals surface area contributed by atoms with Crippen molar-refractivity contribution >= 4 is 21.5 Å². The lowest BCUT2D eigenvalue weighted by atomic mass is 10.0. The van der Waals surface area contributed by atoms with Crippen molar-refractivity contribution < 1.29 is 19.7 Å². The highest BCUT2D eigenvalue weighted by Gasteiger charge is 2.15. The Bertz CT molecular complexity index is 756. The van der Waals surface area contributed by atoms with E-state index in [4.69, 9.17) is 19.7 Å². The summed E-state index contributed by atoms with van der Waals surface area (Å²) in [6.45, 7) is 3.70. The van der Waals surface area contributed by atoms with Crippen molar-refractivity contribution in [2.24, 2.45) is 0 Å². The molecule has 0 unspecified atom stereocenters. The highest BCUT2D eigenvalue weighted by molar-refractivity contribution is 6.11. The van der Waals surface area contributed by atoms with E-state index in [1.807, 2.05) is 24.3 Å². The summed E-state index contributed by atoms with van der Waals surface area (Å²) in [6.07, 6.45) is 0. The molecule has 0 aromatic heterocycles. The molecular formula is C22H28N2O4. The second kappa shape index (κ2) is 10.8. The smallest absolute Gasteiger partial charge is 0.135 e. The minimum absolute atomic E-state index is 0.116. The van der Waals surface area contributed by atoms with Crippen LogP contribution in [-0.4, -0.2) is 62.8 Å². The summed E-state index contributed by atoms with van der Waals surface area (Å²) in [5.74, 6) is 1.70. The number of hydrogen-bond acceptors (Lipinski definition) is 6. The maximum absolute atomic E-state index is 8.88. The van der Waals surface area contributed by atoms with E-state index in [2.05, 4.69) is 34.9 Å². The summed E-state index contributed by atoms with van der Waals surface area (Å²) in [5, 5.41) is 28.1. The van der Waals surface area contributed by atoms with Crippen LogP contribution in [0, 0.1) is 0 Å². The van der Waals surface area contributed by atoms with Crippen molar-refractivity contribution in [3.63, 3.8) is 0 Å². The van der Waals surface area contributed by atoms with Crippen molar-refractivity contribution in [3.05, 3.63) is 48.5 Å². The molecule has 0 aliphatic heterocycles. The van der Waals surface area contributed by atoms with Gasteiger partial charge in [-0.25, -0.2) is 0 Å². The van der Waals surface area contributed by atoms with Gasteiger partial charge < -0.3 is 30.3 Å². The summed E-state index contributed by atoms with van der Waals surface area (Å²) in [5.41, 5.74) is 0. The number of benzene rings is 3. The van der Waals surface area contributed by atoms with Crippen LogP contribution < -0.4 is 20.1 Å². The quantitative estimate of drug-likeness (QED) is 0.282. The molecule has 4 N–H and O–H groups in total. The van der Waals surface area contributed by atoms with Crippen molar-refractivity contribution in [3.8, 4) is 11.5 Å². The van der Waals surface area contributed by atoms with Gasteiger partial charge in [0.05, 0.1) is 13.2 Å². The first-order valence-electron chi connectivity index (χ1n) is 9.69. The van der Waals surface area contributed by atoms with Crippen LogP contribution in [0.2, 0.25) is 0 Å². The summed E-state index contributed by atoms with van der Waals surface area (Å²) in [6, 6.07) is 16.2.